The van der Waals surface area contributed by atoms with Crippen LogP contribution in [0.25, 0.3) is 0 Å². The summed E-state index contributed by atoms with van der Waals surface area (Å²) >= 11 is 1.15. The van der Waals surface area contributed by atoms with E-state index >= 15 is 0 Å². The topological polar surface area (TPSA) is 101 Å². The summed E-state index contributed by atoms with van der Waals surface area (Å²) in [5.41, 5.74) is 0.130. The van der Waals surface area contributed by atoms with Crippen molar-refractivity contribution in [2.45, 2.75) is 13.3 Å². The van der Waals surface area contributed by atoms with Crippen LogP contribution in [0.5, 0.6) is 11.6 Å². The SMILES string of the molecule is CCc1nc(C(=O)O)c(NC(=O)c2ccc(Oc3ccccc3)nc2)s1. The van der Waals surface area contributed by atoms with Gasteiger partial charge in [-0.15, -0.1) is 11.3 Å². The van der Waals surface area contributed by atoms with Crippen molar-refractivity contribution in [1.29, 1.82) is 0 Å². The van der Waals surface area contributed by atoms with Crippen LogP contribution in [0.2, 0.25) is 0 Å². The summed E-state index contributed by atoms with van der Waals surface area (Å²) in [4.78, 5) is 31.7. The number of nitrogens with zero attached hydrogens (tertiary/aromatic N) is 2. The number of aryl methyl sites for hydroxylation is 1. The average molecular weight is 369 g/mol. The molecule has 0 aliphatic heterocycles. The summed E-state index contributed by atoms with van der Waals surface area (Å²) in [5.74, 6) is -0.649. The molecule has 0 fully saturated rings. The fourth-order valence-corrected chi connectivity index (χ4v) is 3.00. The second kappa shape index (κ2) is 7.75. The molecule has 26 heavy (non-hydrogen) atoms. The number of carbonyl (C=O) groups is 2. The first-order chi connectivity index (χ1) is 12.6. The molecule has 0 atom stereocenters. The molecule has 0 aliphatic carbocycles. The van der Waals surface area contributed by atoms with Gasteiger partial charge < -0.3 is 15.2 Å². The zero-order chi connectivity index (χ0) is 18.5. The van der Waals surface area contributed by atoms with Crippen molar-refractivity contribution < 1.29 is 19.4 Å². The van der Waals surface area contributed by atoms with E-state index < -0.39 is 11.9 Å². The predicted molar refractivity (Wildman–Crippen MR) is 97.2 cm³/mol. The molecule has 0 unspecified atom stereocenters. The Morgan fingerprint density at radius 1 is 1.19 bits per heavy atom. The molecule has 0 saturated carbocycles. The van der Waals surface area contributed by atoms with Crippen molar-refractivity contribution in [3.8, 4) is 11.6 Å². The summed E-state index contributed by atoms with van der Waals surface area (Å²) in [6.45, 7) is 1.87. The Labute approximate surface area is 153 Å². The Morgan fingerprint density at radius 2 is 1.96 bits per heavy atom. The number of thiazole rings is 1. The van der Waals surface area contributed by atoms with Gasteiger partial charge in [-0.25, -0.2) is 14.8 Å². The number of aromatic nitrogens is 2. The highest BCUT2D eigenvalue weighted by Crippen LogP contribution is 2.26. The minimum absolute atomic E-state index is 0.155. The van der Waals surface area contributed by atoms with Gasteiger partial charge in [0, 0.05) is 12.3 Å². The lowest BCUT2D eigenvalue weighted by Crippen LogP contribution is -2.13. The van der Waals surface area contributed by atoms with E-state index in [4.69, 9.17) is 4.74 Å². The number of aromatic carboxylic acids is 1. The highest BCUT2D eigenvalue weighted by Gasteiger charge is 2.19. The fraction of sp³-hybridized carbons (Fsp3) is 0.111. The molecule has 132 valence electrons. The number of pyridine rings is 1. The van der Waals surface area contributed by atoms with Gasteiger partial charge in [0.25, 0.3) is 5.91 Å². The Hall–Kier alpha value is -3.26. The summed E-state index contributed by atoms with van der Waals surface area (Å²) in [6, 6.07) is 12.3. The van der Waals surface area contributed by atoms with Crippen LogP contribution in [0.1, 0.15) is 32.8 Å². The standard InChI is InChI=1S/C18H15N3O4S/c1-2-14-20-15(18(23)24)17(26-14)21-16(22)11-8-9-13(19-10-11)25-12-6-4-3-5-7-12/h3-10H,2H2,1H3,(H,21,22)(H,23,24). The van der Waals surface area contributed by atoms with Crippen LogP contribution < -0.4 is 10.1 Å². The molecular formula is C18H15N3O4S. The molecule has 0 radical (unpaired) electrons. The van der Waals surface area contributed by atoms with Crippen molar-refractivity contribution >= 4 is 28.2 Å². The number of para-hydroxylation sites is 1. The number of amides is 1. The molecule has 7 nitrogen and oxygen atoms in total. The van der Waals surface area contributed by atoms with Crippen LogP contribution in [0.4, 0.5) is 5.00 Å². The van der Waals surface area contributed by atoms with E-state index in [1.165, 1.54) is 6.20 Å². The monoisotopic (exact) mass is 369 g/mol. The molecule has 8 heteroatoms. The smallest absolute Gasteiger partial charge is 0.357 e. The lowest BCUT2D eigenvalue weighted by Gasteiger charge is -2.06. The first-order valence-electron chi connectivity index (χ1n) is 7.80. The number of ether oxygens (including phenoxy) is 1. The van der Waals surface area contributed by atoms with Gasteiger partial charge in [0.15, 0.2) is 5.69 Å². The largest absolute Gasteiger partial charge is 0.476 e. The molecule has 0 saturated heterocycles. The van der Waals surface area contributed by atoms with Crippen LogP contribution in [0, 0.1) is 0 Å². The van der Waals surface area contributed by atoms with Crippen molar-refractivity contribution in [1.82, 2.24) is 9.97 Å². The maximum Gasteiger partial charge on any atom is 0.357 e. The Balaban J connectivity index is 1.72. The molecular weight excluding hydrogens is 354 g/mol. The number of nitrogens with one attached hydrogen (secondary N) is 1. The van der Waals surface area contributed by atoms with E-state index in [-0.39, 0.29) is 16.3 Å². The number of benzene rings is 1. The zero-order valence-electron chi connectivity index (χ0n) is 13.8. The lowest BCUT2D eigenvalue weighted by molar-refractivity contribution is 0.0692. The average Bonchev–Trinajstić information content (AvgIpc) is 3.06. The predicted octanol–water partition coefficient (Wildman–Crippen LogP) is 3.84. The van der Waals surface area contributed by atoms with Gasteiger partial charge in [0.2, 0.25) is 5.88 Å². The van der Waals surface area contributed by atoms with E-state index in [0.29, 0.717) is 23.1 Å². The molecule has 3 rings (SSSR count). The van der Waals surface area contributed by atoms with Gasteiger partial charge in [0.1, 0.15) is 10.8 Å². The van der Waals surface area contributed by atoms with E-state index in [1.54, 1.807) is 24.3 Å². The van der Waals surface area contributed by atoms with Crippen LogP contribution in [0.15, 0.2) is 48.7 Å². The third-order valence-corrected chi connectivity index (χ3v) is 4.48. The highest BCUT2D eigenvalue weighted by atomic mass is 32.1. The molecule has 0 spiro atoms. The van der Waals surface area contributed by atoms with Gasteiger partial charge in [-0.3, -0.25) is 4.79 Å². The molecule has 2 aromatic heterocycles. The number of hydrogen-bond acceptors (Lipinski definition) is 6. The Morgan fingerprint density at radius 3 is 2.58 bits per heavy atom. The number of rotatable bonds is 6. The number of hydrogen-bond donors (Lipinski definition) is 2. The first kappa shape index (κ1) is 17.6. The highest BCUT2D eigenvalue weighted by molar-refractivity contribution is 7.16. The van der Waals surface area contributed by atoms with Gasteiger partial charge in [-0.1, -0.05) is 25.1 Å². The molecule has 0 aliphatic rings. The quantitative estimate of drug-likeness (QED) is 0.684. The fourth-order valence-electron chi connectivity index (χ4n) is 2.10. The second-order valence-corrected chi connectivity index (χ2v) is 6.28. The van der Waals surface area contributed by atoms with Crippen LogP contribution >= 0.6 is 11.3 Å². The van der Waals surface area contributed by atoms with Crippen molar-refractivity contribution in [3.05, 3.63) is 64.9 Å². The number of carboxylic acid groups (broad SMARTS) is 1. The van der Waals surface area contributed by atoms with E-state index in [1.807, 2.05) is 25.1 Å². The lowest BCUT2D eigenvalue weighted by atomic mass is 10.2. The van der Waals surface area contributed by atoms with E-state index in [2.05, 4.69) is 15.3 Å². The van der Waals surface area contributed by atoms with Gasteiger partial charge in [-0.05, 0) is 24.6 Å². The van der Waals surface area contributed by atoms with E-state index in [0.717, 1.165) is 11.3 Å². The van der Waals surface area contributed by atoms with Crippen LogP contribution in [0.3, 0.4) is 0 Å². The zero-order valence-corrected chi connectivity index (χ0v) is 14.6. The Bertz CT molecular complexity index is 923. The minimum atomic E-state index is -1.18. The third-order valence-electron chi connectivity index (χ3n) is 3.37. The minimum Gasteiger partial charge on any atom is -0.476 e. The normalized spacial score (nSPS) is 10.3. The van der Waals surface area contributed by atoms with Gasteiger partial charge in [0.05, 0.1) is 10.6 Å². The van der Waals surface area contributed by atoms with Gasteiger partial charge in [-0.2, -0.15) is 0 Å². The van der Waals surface area contributed by atoms with Crippen molar-refractivity contribution in [3.63, 3.8) is 0 Å². The number of carbonyl (C=O) groups excluding carboxylic acids is 1. The number of carboxylic acids is 1. The Kier molecular flexibility index (Phi) is 5.23. The molecule has 1 aromatic carbocycles. The molecule has 2 heterocycles. The first-order valence-corrected chi connectivity index (χ1v) is 8.61. The molecule has 3 aromatic rings. The van der Waals surface area contributed by atoms with E-state index in [9.17, 15) is 14.7 Å². The molecule has 0 bridgehead atoms. The maximum absolute atomic E-state index is 12.4. The molecule has 2 N–H and O–H groups in total. The van der Waals surface area contributed by atoms with Crippen LogP contribution in [-0.4, -0.2) is 27.0 Å². The van der Waals surface area contributed by atoms with Crippen LogP contribution in [-0.2, 0) is 6.42 Å². The van der Waals surface area contributed by atoms with Gasteiger partial charge >= 0.3 is 5.97 Å². The second-order valence-electron chi connectivity index (χ2n) is 5.20. The summed E-state index contributed by atoms with van der Waals surface area (Å²) in [7, 11) is 0. The summed E-state index contributed by atoms with van der Waals surface area (Å²) in [6.07, 6.45) is 1.96. The third kappa shape index (κ3) is 4.04. The summed E-state index contributed by atoms with van der Waals surface area (Å²) in [5, 5.41) is 12.6. The molecule has 1 amide bonds. The summed E-state index contributed by atoms with van der Waals surface area (Å²) < 4.78 is 5.57. The van der Waals surface area contributed by atoms with Crippen molar-refractivity contribution in [2.75, 3.05) is 5.32 Å². The maximum atomic E-state index is 12.4. The van der Waals surface area contributed by atoms with Crippen molar-refractivity contribution in [2.24, 2.45) is 0 Å². The number of anilines is 1.